The van der Waals surface area contributed by atoms with Gasteiger partial charge in [-0.05, 0) is 68.9 Å². The molecule has 0 unspecified atom stereocenters. The zero-order chi connectivity index (χ0) is 23.6. The monoisotopic (exact) mass is 453 g/mol. The zero-order valence-corrected chi connectivity index (χ0v) is 20.1. The lowest BCUT2D eigenvalue weighted by Gasteiger charge is -2.47. The highest BCUT2D eigenvalue weighted by Crippen LogP contribution is 2.49. The molecule has 1 N–H and O–H groups in total. The van der Waals surface area contributed by atoms with E-state index >= 15 is 0 Å². The van der Waals surface area contributed by atoms with Gasteiger partial charge in [-0.2, -0.15) is 0 Å². The van der Waals surface area contributed by atoms with Gasteiger partial charge in [0.15, 0.2) is 0 Å². The van der Waals surface area contributed by atoms with Crippen LogP contribution >= 0.6 is 0 Å². The highest BCUT2D eigenvalue weighted by molar-refractivity contribution is 6.04. The molecule has 5 heteroatoms. The van der Waals surface area contributed by atoms with Crippen LogP contribution in [-0.4, -0.2) is 24.4 Å². The van der Waals surface area contributed by atoms with E-state index in [0.29, 0.717) is 12.1 Å². The second-order valence-electron chi connectivity index (χ2n) is 9.96. The summed E-state index contributed by atoms with van der Waals surface area (Å²) in [5.41, 5.74) is 9.59. The smallest absolute Gasteiger partial charge is 0.251 e. The molecule has 1 amide bonds. The predicted octanol–water partition coefficient (Wildman–Crippen LogP) is 5.50. The molecule has 0 spiro atoms. The van der Waals surface area contributed by atoms with Gasteiger partial charge >= 0.3 is 0 Å². The molecule has 4 aliphatic rings. The number of rotatable bonds is 2. The van der Waals surface area contributed by atoms with Crippen LogP contribution in [0.25, 0.3) is 5.57 Å². The second kappa shape index (κ2) is 7.60. The van der Waals surface area contributed by atoms with Crippen molar-refractivity contribution in [2.75, 3.05) is 16.3 Å². The maximum atomic E-state index is 12.1. The zero-order valence-electron chi connectivity index (χ0n) is 20.1. The van der Waals surface area contributed by atoms with Gasteiger partial charge in [-0.15, -0.1) is 0 Å². The van der Waals surface area contributed by atoms with Gasteiger partial charge in [0.25, 0.3) is 5.91 Å². The van der Waals surface area contributed by atoms with Crippen molar-refractivity contribution in [3.63, 3.8) is 0 Å². The maximum absolute atomic E-state index is 12.1. The highest BCUT2D eigenvalue weighted by atomic mass is 16.5. The number of carbonyl (C=O) groups is 1. The van der Waals surface area contributed by atoms with E-state index < -0.39 is 5.72 Å². The third kappa shape index (κ3) is 3.00. The Morgan fingerprint density at radius 3 is 2.65 bits per heavy atom. The quantitative estimate of drug-likeness (QED) is 0.610. The van der Waals surface area contributed by atoms with Crippen LogP contribution in [-0.2, 0) is 16.0 Å². The number of para-hydroxylation sites is 2. The van der Waals surface area contributed by atoms with E-state index in [4.69, 9.17) is 4.74 Å². The van der Waals surface area contributed by atoms with Gasteiger partial charge < -0.3 is 19.9 Å². The van der Waals surface area contributed by atoms with Crippen molar-refractivity contribution >= 4 is 22.9 Å². The molecule has 0 aliphatic carbocycles. The first kappa shape index (κ1) is 21.2. The maximum Gasteiger partial charge on any atom is 0.251 e. The number of allylic oxidation sites excluding steroid dienone is 3. The van der Waals surface area contributed by atoms with Crippen LogP contribution in [0.5, 0.6) is 0 Å². The van der Waals surface area contributed by atoms with E-state index in [0.717, 1.165) is 48.1 Å². The SMILES string of the molecule is C=C1C(=O)NC/C1=C(/C)c1ccccc1N1C(C)=C2Cc3ccccc3N2[C@H]2CCC[C@]1(C)O2. The first-order valence-electron chi connectivity index (χ1n) is 12.2. The number of hydrogen-bond acceptors (Lipinski definition) is 4. The summed E-state index contributed by atoms with van der Waals surface area (Å²) in [6, 6.07) is 17.2. The number of hydrogen-bond donors (Lipinski definition) is 1. The second-order valence-corrected chi connectivity index (χ2v) is 9.96. The number of ether oxygens (including phenoxy) is 1. The Labute approximate surface area is 201 Å². The molecule has 2 fully saturated rings. The predicted molar refractivity (Wildman–Crippen MR) is 136 cm³/mol. The van der Waals surface area contributed by atoms with Crippen LogP contribution in [0, 0.1) is 0 Å². The summed E-state index contributed by atoms with van der Waals surface area (Å²) in [4.78, 5) is 17.0. The summed E-state index contributed by atoms with van der Waals surface area (Å²) in [7, 11) is 0. The fraction of sp³-hybridized carbons (Fsp3) is 0.345. The Bertz CT molecular complexity index is 1290. The lowest BCUT2D eigenvalue weighted by Crippen LogP contribution is -2.52. The number of nitrogens with one attached hydrogen (secondary N) is 1. The van der Waals surface area contributed by atoms with Gasteiger partial charge in [0, 0.05) is 41.2 Å². The Kier molecular flexibility index (Phi) is 4.75. The molecule has 0 aromatic heterocycles. The van der Waals surface area contributed by atoms with Crippen LogP contribution in [0.3, 0.4) is 0 Å². The van der Waals surface area contributed by atoms with Crippen LogP contribution in [0.2, 0.25) is 0 Å². The minimum absolute atomic E-state index is 0.0281. The minimum Gasteiger partial charge on any atom is -0.348 e. The van der Waals surface area contributed by atoms with Crippen LogP contribution < -0.4 is 15.1 Å². The van der Waals surface area contributed by atoms with Crippen molar-refractivity contribution in [2.24, 2.45) is 0 Å². The van der Waals surface area contributed by atoms with Gasteiger partial charge in [0.1, 0.15) is 12.0 Å². The van der Waals surface area contributed by atoms with Crippen molar-refractivity contribution in [3.8, 4) is 0 Å². The molecule has 5 nitrogen and oxygen atoms in total. The average Bonchev–Trinajstić information content (AvgIpc) is 3.37. The van der Waals surface area contributed by atoms with E-state index in [9.17, 15) is 4.79 Å². The highest BCUT2D eigenvalue weighted by Gasteiger charge is 2.48. The fourth-order valence-corrected chi connectivity index (χ4v) is 6.24. The van der Waals surface area contributed by atoms with Crippen molar-refractivity contribution in [1.29, 1.82) is 0 Å². The summed E-state index contributed by atoms with van der Waals surface area (Å²) >= 11 is 0. The van der Waals surface area contributed by atoms with Crippen molar-refractivity contribution < 1.29 is 9.53 Å². The Balaban J connectivity index is 1.55. The third-order valence-electron chi connectivity index (χ3n) is 7.96. The summed E-state index contributed by atoms with van der Waals surface area (Å²) in [6.07, 6.45) is 4.02. The molecule has 174 valence electrons. The number of nitrogens with zero attached hydrogens (tertiary/aromatic N) is 2. The molecular weight excluding hydrogens is 422 g/mol. The van der Waals surface area contributed by atoms with E-state index in [1.54, 1.807) is 0 Å². The molecule has 2 aromatic rings. The summed E-state index contributed by atoms with van der Waals surface area (Å²) in [6.45, 7) is 11.1. The first-order chi connectivity index (χ1) is 16.4. The average molecular weight is 454 g/mol. The molecular formula is C29H31N3O2. The Morgan fingerprint density at radius 2 is 1.88 bits per heavy atom. The lowest BCUT2D eigenvalue weighted by molar-refractivity contribution is -0.116. The number of anilines is 2. The largest absolute Gasteiger partial charge is 0.348 e. The number of fused-ring (bicyclic) bond motifs is 6. The summed E-state index contributed by atoms with van der Waals surface area (Å²) in [5.74, 6) is -0.0790. The van der Waals surface area contributed by atoms with E-state index in [1.165, 1.54) is 22.6 Å². The van der Waals surface area contributed by atoms with Crippen LogP contribution in [0.4, 0.5) is 11.4 Å². The van der Waals surface area contributed by atoms with Gasteiger partial charge in [-0.3, -0.25) is 4.79 Å². The summed E-state index contributed by atoms with van der Waals surface area (Å²) < 4.78 is 6.95. The van der Waals surface area contributed by atoms with Crippen molar-refractivity contribution in [2.45, 2.75) is 58.4 Å². The molecule has 0 radical (unpaired) electrons. The number of benzene rings is 2. The number of amides is 1. The lowest BCUT2D eigenvalue weighted by atomic mass is 9.94. The minimum atomic E-state index is -0.457. The molecule has 4 aliphatic heterocycles. The van der Waals surface area contributed by atoms with E-state index in [2.05, 4.69) is 91.0 Å². The van der Waals surface area contributed by atoms with Gasteiger partial charge in [-0.1, -0.05) is 43.0 Å². The molecule has 6 rings (SSSR count). The van der Waals surface area contributed by atoms with Crippen LogP contribution in [0.1, 0.15) is 51.2 Å². The molecule has 2 bridgehead atoms. The van der Waals surface area contributed by atoms with E-state index in [1.807, 2.05) is 0 Å². The van der Waals surface area contributed by atoms with Crippen molar-refractivity contribution in [3.05, 3.63) is 88.8 Å². The molecule has 4 heterocycles. The van der Waals surface area contributed by atoms with E-state index in [-0.39, 0.29) is 12.1 Å². The molecule has 2 aromatic carbocycles. The molecule has 2 saturated heterocycles. The first-order valence-corrected chi connectivity index (χ1v) is 12.2. The van der Waals surface area contributed by atoms with Crippen LogP contribution in [0.15, 0.2) is 77.7 Å². The van der Waals surface area contributed by atoms with Gasteiger partial charge in [-0.25, -0.2) is 0 Å². The summed E-state index contributed by atoms with van der Waals surface area (Å²) in [5, 5.41) is 2.92. The normalized spacial score (nSPS) is 27.4. The molecule has 34 heavy (non-hydrogen) atoms. The fourth-order valence-electron chi connectivity index (χ4n) is 6.24. The third-order valence-corrected chi connectivity index (χ3v) is 7.96. The molecule has 0 saturated carbocycles. The van der Waals surface area contributed by atoms with Gasteiger partial charge in [0.2, 0.25) is 0 Å². The topological polar surface area (TPSA) is 44.8 Å². The standard InChI is InChI=1S/C29H31N3O2/c1-18(23-17-30-28(33)19(23)2)22-11-6-8-13-25(22)32-20(3)26-16-21-10-5-7-12-24(21)31(26)27-14-9-15-29(32,4)34-27/h5-8,10-13,27H,2,9,14-17H2,1,3-4H3,(H,30,33)/b23-18+/t27-,29+/m1/s1. The van der Waals surface area contributed by atoms with Crippen molar-refractivity contribution in [1.82, 2.24) is 5.32 Å². The Morgan fingerprint density at radius 1 is 1.15 bits per heavy atom. The number of carbonyl (C=O) groups excluding carboxylic acids is 1. The van der Waals surface area contributed by atoms with Gasteiger partial charge in [0.05, 0.1) is 5.69 Å². The molecule has 2 atom stereocenters. The Hall–Kier alpha value is -3.31.